The number of rotatable bonds is 3. The Morgan fingerprint density at radius 2 is 2.28 bits per heavy atom. The van der Waals surface area contributed by atoms with E-state index < -0.39 is 0 Å². The molecule has 1 aliphatic heterocycles. The number of carbonyl (C=O) groups is 1. The van der Waals surface area contributed by atoms with E-state index in [1.165, 1.54) is 5.56 Å². The largest absolute Gasteiger partial charge is 0.344 e. The fourth-order valence-corrected chi connectivity index (χ4v) is 2.39. The van der Waals surface area contributed by atoms with Gasteiger partial charge in [-0.3, -0.25) is 4.79 Å². The molecule has 2 rings (SSSR count). The number of piperidine rings is 1. The van der Waals surface area contributed by atoms with Gasteiger partial charge in [-0.25, -0.2) is 0 Å². The van der Waals surface area contributed by atoms with Gasteiger partial charge in [0.15, 0.2) is 0 Å². The number of hydrogen-bond acceptors (Lipinski definition) is 2. The maximum Gasteiger partial charge on any atom is 0.222 e. The molecule has 1 saturated heterocycles. The summed E-state index contributed by atoms with van der Waals surface area (Å²) < 4.78 is 0. The zero-order valence-corrected chi connectivity index (χ0v) is 11.6. The van der Waals surface area contributed by atoms with Gasteiger partial charge in [0.1, 0.15) is 0 Å². The van der Waals surface area contributed by atoms with Crippen molar-refractivity contribution in [2.24, 2.45) is 0 Å². The van der Waals surface area contributed by atoms with Crippen molar-refractivity contribution >= 4 is 17.5 Å². The molecule has 1 amide bonds. The Balaban J connectivity index is 1.88. The van der Waals surface area contributed by atoms with E-state index in [2.05, 4.69) is 11.4 Å². The maximum atomic E-state index is 11.4. The molecule has 0 bridgehead atoms. The third-order valence-electron chi connectivity index (χ3n) is 3.46. The van der Waals surface area contributed by atoms with Crippen molar-refractivity contribution in [2.75, 3.05) is 13.6 Å². The van der Waals surface area contributed by atoms with Crippen LogP contribution in [-0.4, -0.2) is 30.4 Å². The average Bonchev–Trinajstić information content (AvgIpc) is 2.35. The number of carbonyl (C=O) groups excluding carboxylic acids is 1. The summed E-state index contributed by atoms with van der Waals surface area (Å²) in [5.41, 5.74) is 2.29. The minimum absolute atomic E-state index is 0.242. The second-order valence-electron chi connectivity index (χ2n) is 4.97. The van der Waals surface area contributed by atoms with E-state index in [4.69, 9.17) is 11.6 Å². The third-order valence-corrected chi connectivity index (χ3v) is 3.86. The summed E-state index contributed by atoms with van der Waals surface area (Å²) in [6.45, 7) is 3.59. The quantitative estimate of drug-likeness (QED) is 0.911. The van der Waals surface area contributed by atoms with Gasteiger partial charge in [0.25, 0.3) is 0 Å². The molecular formula is C14H19ClN2O. The fraction of sp³-hybridized carbons (Fsp3) is 0.500. The predicted molar refractivity (Wildman–Crippen MR) is 73.7 cm³/mol. The minimum atomic E-state index is 0.242. The normalized spacial score (nSPS) is 20.3. The molecule has 1 heterocycles. The van der Waals surface area contributed by atoms with E-state index in [0.717, 1.165) is 30.1 Å². The zero-order valence-electron chi connectivity index (χ0n) is 10.9. The van der Waals surface area contributed by atoms with Gasteiger partial charge in [-0.05, 0) is 30.5 Å². The van der Waals surface area contributed by atoms with Crippen LogP contribution in [0.4, 0.5) is 0 Å². The number of halogens is 1. The van der Waals surface area contributed by atoms with Crippen LogP contribution < -0.4 is 5.32 Å². The van der Waals surface area contributed by atoms with Gasteiger partial charge in [-0.2, -0.15) is 0 Å². The lowest BCUT2D eigenvalue weighted by Gasteiger charge is -2.30. The first kappa shape index (κ1) is 13.4. The number of likely N-dealkylation sites (tertiary alicyclic amines) is 1. The van der Waals surface area contributed by atoms with Gasteiger partial charge >= 0.3 is 0 Å². The van der Waals surface area contributed by atoms with Crippen LogP contribution in [-0.2, 0) is 11.3 Å². The molecule has 98 valence electrons. The summed E-state index contributed by atoms with van der Waals surface area (Å²) in [7, 11) is 1.86. The van der Waals surface area contributed by atoms with Crippen molar-refractivity contribution < 1.29 is 4.79 Å². The molecule has 1 aromatic rings. The SMILES string of the molecule is Cc1ccc(CNC2CCC(=O)N(C)C2)cc1Cl. The van der Waals surface area contributed by atoms with Gasteiger partial charge in [-0.15, -0.1) is 0 Å². The Morgan fingerprint density at radius 1 is 1.50 bits per heavy atom. The molecule has 3 nitrogen and oxygen atoms in total. The molecule has 0 aromatic heterocycles. The smallest absolute Gasteiger partial charge is 0.222 e. The highest BCUT2D eigenvalue weighted by Gasteiger charge is 2.22. The number of benzene rings is 1. The van der Waals surface area contributed by atoms with E-state index >= 15 is 0 Å². The first-order valence-corrected chi connectivity index (χ1v) is 6.66. The molecule has 0 spiro atoms. The van der Waals surface area contributed by atoms with Crippen LogP contribution >= 0.6 is 11.6 Å². The van der Waals surface area contributed by atoms with Crippen LogP contribution in [0.25, 0.3) is 0 Å². The van der Waals surface area contributed by atoms with Gasteiger partial charge < -0.3 is 10.2 Å². The van der Waals surface area contributed by atoms with E-state index in [1.54, 1.807) is 4.90 Å². The Kier molecular flexibility index (Phi) is 4.25. The molecule has 1 aromatic carbocycles. The molecule has 1 N–H and O–H groups in total. The lowest BCUT2D eigenvalue weighted by Crippen LogP contribution is -2.46. The molecule has 0 saturated carbocycles. The van der Waals surface area contributed by atoms with Crippen molar-refractivity contribution in [1.82, 2.24) is 10.2 Å². The first-order chi connectivity index (χ1) is 8.56. The number of nitrogens with one attached hydrogen (secondary N) is 1. The number of likely N-dealkylation sites (N-methyl/N-ethyl adjacent to an activating group) is 1. The van der Waals surface area contributed by atoms with E-state index in [0.29, 0.717) is 12.5 Å². The molecule has 1 aliphatic rings. The first-order valence-electron chi connectivity index (χ1n) is 6.28. The second-order valence-corrected chi connectivity index (χ2v) is 5.38. The van der Waals surface area contributed by atoms with Crippen molar-refractivity contribution in [3.05, 3.63) is 34.3 Å². The highest BCUT2D eigenvalue weighted by molar-refractivity contribution is 6.31. The molecule has 1 atom stereocenters. The standard InChI is InChI=1S/C14H19ClN2O/c1-10-3-4-11(7-13(10)15)8-16-12-5-6-14(18)17(2)9-12/h3-4,7,12,16H,5-6,8-9H2,1-2H3. The van der Waals surface area contributed by atoms with Crippen molar-refractivity contribution in [2.45, 2.75) is 32.4 Å². The molecule has 0 radical (unpaired) electrons. The summed E-state index contributed by atoms with van der Waals surface area (Å²) in [6.07, 6.45) is 1.56. The molecule has 1 fully saturated rings. The highest BCUT2D eigenvalue weighted by Crippen LogP contribution is 2.17. The van der Waals surface area contributed by atoms with Gasteiger partial charge in [-0.1, -0.05) is 23.7 Å². The predicted octanol–water partition coefficient (Wildman–Crippen LogP) is 2.36. The fourth-order valence-electron chi connectivity index (χ4n) is 2.19. The summed E-state index contributed by atoms with van der Waals surface area (Å²) >= 11 is 6.10. The van der Waals surface area contributed by atoms with E-state index in [-0.39, 0.29) is 5.91 Å². The minimum Gasteiger partial charge on any atom is -0.344 e. The average molecular weight is 267 g/mol. The van der Waals surface area contributed by atoms with Crippen LogP contribution in [0.2, 0.25) is 5.02 Å². The zero-order chi connectivity index (χ0) is 13.1. The van der Waals surface area contributed by atoms with Gasteiger partial charge in [0.05, 0.1) is 0 Å². The second kappa shape index (κ2) is 5.72. The molecule has 0 aliphatic carbocycles. The number of aryl methyl sites for hydroxylation is 1. The molecule has 18 heavy (non-hydrogen) atoms. The van der Waals surface area contributed by atoms with Crippen LogP contribution in [0, 0.1) is 6.92 Å². The Bertz CT molecular complexity index is 447. The molecular weight excluding hydrogens is 248 g/mol. The van der Waals surface area contributed by atoms with E-state index in [9.17, 15) is 4.79 Å². The van der Waals surface area contributed by atoms with Gasteiger partial charge in [0.2, 0.25) is 5.91 Å². The van der Waals surface area contributed by atoms with Gasteiger partial charge in [0, 0.05) is 37.6 Å². The lowest BCUT2D eigenvalue weighted by molar-refractivity contribution is -0.132. The van der Waals surface area contributed by atoms with E-state index in [1.807, 2.05) is 26.1 Å². The topological polar surface area (TPSA) is 32.3 Å². The number of hydrogen-bond donors (Lipinski definition) is 1. The third kappa shape index (κ3) is 3.24. The summed E-state index contributed by atoms with van der Waals surface area (Å²) in [5, 5.41) is 4.29. The molecule has 1 unspecified atom stereocenters. The van der Waals surface area contributed by atoms with Crippen LogP contribution in [0.15, 0.2) is 18.2 Å². The van der Waals surface area contributed by atoms with Crippen LogP contribution in [0.1, 0.15) is 24.0 Å². The molecule has 4 heteroatoms. The number of amides is 1. The van der Waals surface area contributed by atoms with Crippen molar-refractivity contribution in [3.63, 3.8) is 0 Å². The Hall–Kier alpha value is -1.06. The monoisotopic (exact) mass is 266 g/mol. The van der Waals surface area contributed by atoms with Crippen molar-refractivity contribution in [3.8, 4) is 0 Å². The van der Waals surface area contributed by atoms with Crippen LogP contribution in [0.5, 0.6) is 0 Å². The summed E-state index contributed by atoms with van der Waals surface area (Å²) in [5.74, 6) is 0.242. The number of nitrogens with zero attached hydrogens (tertiary/aromatic N) is 1. The summed E-state index contributed by atoms with van der Waals surface area (Å²) in [6, 6.07) is 6.51. The lowest BCUT2D eigenvalue weighted by atomic mass is 10.1. The highest BCUT2D eigenvalue weighted by atomic mass is 35.5. The Labute approximate surface area is 113 Å². The van der Waals surface area contributed by atoms with Crippen LogP contribution in [0.3, 0.4) is 0 Å². The van der Waals surface area contributed by atoms with Crippen molar-refractivity contribution in [1.29, 1.82) is 0 Å². The summed E-state index contributed by atoms with van der Waals surface area (Å²) in [4.78, 5) is 13.2. The Morgan fingerprint density at radius 3 is 2.94 bits per heavy atom. The maximum absolute atomic E-state index is 11.4.